The molecule has 0 fully saturated rings. The summed E-state index contributed by atoms with van der Waals surface area (Å²) in [4.78, 5) is 28.7. The SMILES string of the molecule is Cc1ccc2c(c1)C(=O)/C(=C\c1ccc3c4c(ccc3c1)N(c1c(C)cccc1C)c1ccccc1C4(C)C)C2=O. The summed E-state index contributed by atoms with van der Waals surface area (Å²) in [5, 5.41) is 2.25. The number of carbonyl (C=O) groups excluding carboxylic acids is 2. The number of Topliss-reactive ketones (excluding diaryl/α,β-unsaturated/α-hetero) is 2. The Morgan fingerprint density at radius 3 is 2.20 bits per heavy atom. The van der Waals surface area contributed by atoms with Crippen LogP contribution in [0, 0.1) is 20.8 Å². The summed E-state index contributed by atoms with van der Waals surface area (Å²) in [5.74, 6) is -0.390. The van der Waals surface area contributed by atoms with Crippen molar-refractivity contribution in [3.63, 3.8) is 0 Å². The van der Waals surface area contributed by atoms with Crippen LogP contribution in [-0.2, 0) is 5.41 Å². The minimum absolute atomic E-state index is 0.193. The zero-order chi connectivity index (χ0) is 28.6. The van der Waals surface area contributed by atoms with E-state index in [0.717, 1.165) is 16.5 Å². The molecule has 1 aliphatic carbocycles. The molecule has 41 heavy (non-hydrogen) atoms. The summed E-state index contributed by atoms with van der Waals surface area (Å²) in [6.45, 7) is 10.9. The second-order valence-electron chi connectivity index (χ2n) is 11.9. The Labute approximate surface area is 240 Å². The fraction of sp³-hybridized carbons (Fsp3) is 0.158. The van der Waals surface area contributed by atoms with Crippen molar-refractivity contribution in [2.45, 2.75) is 40.0 Å². The number of rotatable bonds is 2. The highest BCUT2D eigenvalue weighted by atomic mass is 16.2. The molecule has 5 aromatic rings. The molecular formula is C38H31NO2. The number of para-hydroxylation sites is 2. The van der Waals surface area contributed by atoms with Crippen molar-refractivity contribution in [2.24, 2.45) is 0 Å². The monoisotopic (exact) mass is 533 g/mol. The lowest BCUT2D eigenvalue weighted by atomic mass is 9.71. The van der Waals surface area contributed by atoms with Gasteiger partial charge in [-0.1, -0.05) is 86.1 Å². The fourth-order valence-electron chi connectivity index (χ4n) is 6.87. The lowest BCUT2D eigenvalue weighted by molar-refractivity contribution is 0.0990. The second kappa shape index (κ2) is 8.87. The summed E-state index contributed by atoms with van der Waals surface area (Å²) in [6, 6.07) is 31.3. The Kier molecular flexibility index (Phi) is 5.46. The highest BCUT2D eigenvalue weighted by molar-refractivity contribution is 6.41. The molecule has 200 valence electrons. The molecule has 0 saturated carbocycles. The summed E-state index contributed by atoms with van der Waals surface area (Å²) in [6.07, 6.45) is 1.75. The molecule has 1 aliphatic heterocycles. The number of fused-ring (bicyclic) bond motifs is 5. The maximum Gasteiger partial charge on any atom is 0.197 e. The number of nitrogens with zero attached hydrogens (tertiary/aromatic N) is 1. The van der Waals surface area contributed by atoms with Gasteiger partial charge in [0.15, 0.2) is 11.6 Å². The van der Waals surface area contributed by atoms with E-state index in [4.69, 9.17) is 0 Å². The van der Waals surface area contributed by atoms with Crippen molar-refractivity contribution < 1.29 is 9.59 Å². The quantitative estimate of drug-likeness (QED) is 0.168. The van der Waals surface area contributed by atoms with Gasteiger partial charge in [-0.25, -0.2) is 0 Å². The molecule has 1 heterocycles. The molecule has 0 saturated heterocycles. The molecule has 0 radical (unpaired) electrons. The summed E-state index contributed by atoms with van der Waals surface area (Å²) in [5.41, 5.74) is 11.4. The molecule has 5 aromatic carbocycles. The third kappa shape index (κ3) is 3.65. The number of carbonyl (C=O) groups is 2. The van der Waals surface area contributed by atoms with Gasteiger partial charge in [-0.3, -0.25) is 9.59 Å². The van der Waals surface area contributed by atoms with E-state index in [9.17, 15) is 9.59 Å². The van der Waals surface area contributed by atoms with Crippen LogP contribution in [0.2, 0.25) is 0 Å². The smallest absolute Gasteiger partial charge is 0.197 e. The number of hydrogen-bond acceptors (Lipinski definition) is 3. The van der Waals surface area contributed by atoms with Gasteiger partial charge < -0.3 is 4.90 Å². The Morgan fingerprint density at radius 1 is 0.683 bits per heavy atom. The molecule has 0 bridgehead atoms. The second-order valence-corrected chi connectivity index (χ2v) is 11.9. The lowest BCUT2D eigenvalue weighted by Crippen LogP contribution is -2.31. The van der Waals surface area contributed by atoms with Crippen LogP contribution in [0.4, 0.5) is 17.1 Å². The van der Waals surface area contributed by atoms with Crippen molar-refractivity contribution >= 4 is 45.5 Å². The first-order valence-electron chi connectivity index (χ1n) is 14.1. The van der Waals surface area contributed by atoms with Crippen LogP contribution in [0.25, 0.3) is 16.8 Å². The van der Waals surface area contributed by atoms with Gasteiger partial charge >= 0.3 is 0 Å². The van der Waals surface area contributed by atoms with Gasteiger partial charge in [-0.15, -0.1) is 0 Å². The van der Waals surface area contributed by atoms with Gasteiger partial charge in [-0.2, -0.15) is 0 Å². The Bertz CT molecular complexity index is 1970. The minimum atomic E-state index is -0.241. The average Bonchev–Trinajstić information content (AvgIpc) is 3.18. The first-order valence-corrected chi connectivity index (χ1v) is 14.1. The van der Waals surface area contributed by atoms with Crippen molar-refractivity contribution in [1.29, 1.82) is 0 Å². The number of benzene rings is 5. The number of allylic oxidation sites excluding steroid dienone is 1. The minimum Gasteiger partial charge on any atom is -0.309 e. The van der Waals surface area contributed by atoms with E-state index in [1.54, 1.807) is 12.1 Å². The van der Waals surface area contributed by atoms with Crippen LogP contribution in [-0.4, -0.2) is 11.6 Å². The third-order valence-corrected chi connectivity index (χ3v) is 8.83. The first kappa shape index (κ1) is 25.2. The predicted octanol–water partition coefficient (Wildman–Crippen LogP) is 9.34. The van der Waals surface area contributed by atoms with Crippen LogP contribution in [0.1, 0.15) is 67.9 Å². The van der Waals surface area contributed by atoms with Crippen molar-refractivity contribution in [3.05, 3.63) is 141 Å². The summed E-state index contributed by atoms with van der Waals surface area (Å²) < 4.78 is 0. The maximum atomic E-state index is 13.2. The maximum absolute atomic E-state index is 13.2. The van der Waals surface area contributed by atoms with Gasteiger partial charge in [0.1, 0.15) is 0 Å². The molecule has 7 rings (SSSR count). The van der Waals surface area contributed by atoms with Gasteiger partial charge in [0.2, 0.25) is 0 Å². The topological polar surface area (TPSA) is 37.4 Å². The van der Waals surface area contributed by atoms with Crippen molar-refractivity contribution in [2.75, 3.05) is 4.90 Å². The highest BCUT2D eigenvalue weighted by Gasteiger charge is 2.39. The molecule has 0 N–H and O–H groups in total. The number of aryl methyl sites for hydroxylation is 3. The van der Waals surface area contributed by atoms with Crippen LogP contribution in [0.15, 0.2) is 96.6 Å². The van der Waals surface area contributed by atoms with E-state index in [1.165, 1.54) is 44.7 Å². The van der Waals surface area contributed by atoms with E-state index in [2.05, 4.69) is 99.3 Å². The Balaban J connectivity index is 1.41. The van der Waals surface area contributed by atoms with E-state index in [1.807, 2.05) is 25.1 Å². The van der Waals surface area contributed by atoms with Crippen LogP contribution >= 0.6 is 0 Å². The normalized spacial score (nSPS) is 16.2. The number of anilines is 3. The van der Waals surface area contributed by atoms with Gasteiger partial charge in [0, 0.05) is 16.5 Å². The molecule has 0 atom stereocenters. The molecule has 3 heteroatoms. The van der Waals surface area contributed by atoms with E-state index in [0.29, 0.717) is 11.1 Å². The molecule has 2 aliphatic rings. The number of ketones is 2. The highest BCUT2D eigenvalue weighted by Crippen LogP contribution is 2.54. The fourth-order valence-corrected chi connectivity index (χ4v) is 6.87. The molecule has 0 unspecified atom stereocenters. The van der Waals surface area contributed by atoms with E-state index in [-0.39, 0.29) is 22.6 Å². The lowest BCUT2D eigenvalue weighted by Gasteiger charge is -2.43. The molecular weight excluding hydrogens is 502 g/mol. The zero-order valence-electron chi connectivity index (χ0n) is 24.0. The van der Waals surface area contributed by atoms with Crippen molar-refractivity contribution in [1.82, 2.24) is 0 Å². The van der Waals surface area contributed by atoms with Crippen LogP contribution < -0.4 is 4.90 Å². The van der Waals surface area contributed by atoms with E-state index < -0.39 is 0 Å². The van der Waals surface area contributed by atoms with Crippen molar-refractivity contribution in [3.8, 4) is 0 Å². The molecule has 0 spiro atoms. The molecule has 0 amide bonds. The standard InChI is InChI=1S/C38H31NO2/c1-22-13-16-28-29(19-22)37(41)30(36(28)40)21-25-14-17-27-26(20-25)15-18-33-34(27)38(4,5)31-11-6-7-12-32(31)39(33)35-23(2)9-8-10-24(35)3/h6-21H,1-5H3/b30-21-. The summed E-state index contributed by atoms with van der Waals surface area (Å²) in [7, 11) is 0. The van der Waals surface area contributed by atoms with Gasteiger partial charge in [0.25, 0.3) is 0 Å². The molecule has 3 nitrogen and oxygen atoms in total. The van der Waals surface area contributed by atoms with E-state index >= 15 is 0 Å². The van der Waals surface area contributed by atoms with Crippen LogP contribution in [0.5, 0.6) is 0 Å². The third-order valence-electron chi connectivity index (χ3n) is 8.83. The van der Waals surface area contributed by atoms with Gasteiger partial charge in [0.05, 0.1) is 22.6 Å². The number of hydrogen-bond donors (Lipinski definition) is 0. The first-order chi connectivity index (χ1) is 19.7. The zero-order valence-corrected chi connectivity index (χ0v) is 24.0. The average molecular weight is 534 g/mol. The largest absolute Gasteiger partial charge is 0.309 e. The van der Waals surface area contributed by atoms with Crippen LogP contribution in [0.3, 0.4) is 0 Å². The summed E-state index contributed by atoms with van der Waals surface area (Å²) >= 11 is 0. The molecule has 0 aromatic heterocycles. The van der Waals surface area contributed by atoms with Gasteiger partial charge in [-0.05, 0) is 89.7 Å². The Morgan fingerprint density at radius 2 is 1.41 bits per heavy atom. The predicted molar refractivity (Wildman–Crippen MR) is 168 cm³/mol. The Hall–Kier alpha value is -4.76.